The lowest BCUT2D eigenvalue weighted by molar-refractivity contribution is 1.09. The zero-order valence-electron chi connectivity index (χ0n) is 7.78. The van der Waals surface area contributed by atoms with Crippen molar-refractivity contribution in [1.29, 1.82) is 0 Å². The number of aromatic nitrogens is 3. The molecule has 0 fully saturated rings. The normalized spacial score (nSPS) is 11.2. The smallest absolute Gasteiger partial charge is 0.126 e. The van der Waals surface area contributed by atoms with Gasteiger partial charge in [0, 0.05) is 10.9 Å². The number of hydrogen-bond acceptors (Lipinski definition) is 2. The van der Waals surface area contributed by atoms with Crippen LogP contribution < -0.4 is 0 Å². The van der Waals surface area contributed by atoms with Crippen LogP contribution in [0.2, 0.25) is 0 Å². The molecule has 3 nitrogen and oxygen atoms in total. The number of para-hydroxylation sites is 1. The van der Waals surface area contributed by atoms with Crippen LogP contribution in [0.25, 0.3) is 21.9 Å². The van der Waals surface area contributed by atoms with Crippen molar-refractivity contribution in [2.24, 2.45) is 0 Å². The van der Waals surface area contributed by atoms with E-state index in [4.69, 9.17) is 0 Å². The molecule has 3 heteroatoms. The standard InChI is InChI=1S/C11H9N3/c1-7-12-6-10-11(13-7)8-4-2-3-5-9(8)14-10/h2-6,14H,1H3. The Morgan fingerprint density at radius 3 is 2.93 bits per heavy atom. The largest absolute Gasteiger partial charge is 0.352 e. The molecule has 0 unspecified atom stereocenters. The van der Waals surface area contributed by atoms with Gasteiger partial charge in [-0.2, -0.15) is 0 Å². The van der Waals surface area contributed by atoms with Crippen LogP contribution in [0.5, 0.6) is 0 Å². The topological polar surface area (TPSA) is 41.6 Å². The molecule has 0 amide bonds. The summed E-state index contributed by atoms with van der Waals surface area (Å²) in [6, 6.07) is 8.15. The number of H-pyrrole nitrogens is 1. The molecule has 0 aliphatic carbocycles. The summed E-state index contributed by atoms with van der Waals surface area (Å²) in [7, 11) is 0. The SMILES string of the molecule is Cc1ncc2[nH]c3ccccc3c2n1. The molecule has 0 saturated heterocycles. The Labute approximate surface area is 80.8 Å². The molecule has 0 saturated carbocycles. The van der Waals surface area contributed by atoms with E-state index in [2.05, 4.69) is 21.0 Å². The molecule has 0 atom stereocenters. The van der Waals surface area contributed by atoms with Gasteiger partial charge in [0.25, 0.3) is 0 Å². The Kier molecular flexibility index (Phi) is 1.36. The molecule has 1 N–H and O–H groups in total. The van der Waals surface area contributed by atoms with E-state index in [1.54, 1.807) is 0 Å². The number of rotatable bonds is 0. The van der Waals surface area contributed by atoms with Crippen molar-refractivity contribution in [3.8, 4) is 0 Å². The average molecular weight is 183 g/mol. The highest BCUT2D eigenvalue weighted by atomic mass is 14.9. The second kappa shape index (κ2) is 2.54. The molecule has 0 bridgehead atoms. The van der Waals surface area contributed by atoms with Crippen LogP contribution in [0.1, 0.15) is 5.82 Å². The third-order valence-corrected chi connectivity index (χ3v) is 2.36. The number of benzene rings is 1. The fraction of sp³-hybridized carbons (Fsp3) is 0.0909. The van der Waals surface area contributed by atoms with Gasteiger partial charge in [0.2, 0.25) is 0 Å². The van der Waals surface area contributed by atoms with Gasteiger partial charge in [-0.1, -0.05) is 18.2 Å². The lowest BCUT2D eigenvalue weighted by atomic mass is 10.2. The highest BCUT2D eigenvalue weighted by molar-refractivity contribution is 6.04. The Morgan fingerprint density at radius 2 is 2.00 bits per heavy atom. The molecular formula is C11H9N3. The lowest BCUT2D eigenvalue weighted by Crippen LogP contribution is -1.85. The van der Waals surface area contributed by atoms with Crippen molar-refractivity contribution in [2.75, 3.05) is 0 Å². The third kappa shape index (κ3) is 0.923. The highest BCUT2D eigenvalue weighted by Crippen LogP contribution is 2.22. The first-order valence-electron chi connectivity index (χ1n) is 4.55. The molecule has 0 spiro atoms. The molecule has 2 aromatic heterocycles. The van der Waals surface area contributed by atoms with Crippen LogP contribution >= 0.6 is 0 Å². The molecule has 68 valence electrons. The maximum Gasteiger partial charge on any atom is 0.126 e. The molecule has 0 aliphatic rings. The van der Waals surface area contributed by atoms with Crippen molar-refractivity contribution < 1.29 is 0 Å². The zero-order valence-corrected chi connectivity index (χ0v) is 7.78. The van der Waals surface area contributed by atoms with Crippen molar-refractivity contribution >= 4 is 21.9 Å². The summed E-state index contributed by atoms with van der Waals surface area (Å²) in [6.07, 6.45) is 1.83. The van der Waals surface area contributed by atoms with Crippen LogP contribution in [0.3, 0.4) is 0 Å². The maximum atomic E-state index is 4.42. The second-order valence-corrected chi connectivity index (χ2v) is 3.35. The predicted octanol–water partition coefficient (Wildman–Crippen LogP) is 2.42. The predicted molar refractivity (Wildman–Crippen MR) is 56.1 cm³/mol. The fourth-order valence-corrected chi connectivity index (χ4v) is 1.71. The minimum atomic E-state index is 0.808. The van der Waals surface area contributed by atoms with E-state index in [1.807, 2.05) is 31.3 Å². The number of fused-ring (bicyclic) bond motifs is 3. The molecule has 0 radical (unpaired) electrons. The molecule has 14 heavy (non-hydrogen) atoms. The van der Waals surface area contributed by atoms with E-state index >= 15 is 0 Å². The first kappa shape index (κ1) is 7.50. The third-order valence-electron chi connectivity index (χ3n) is 2.36. The van der Waals surface area contributed by atoms with Crippen LogP contribution in [0.15, 0.2) is 30.5 Å². The summed E-state index contributed by atoms with van der Waals surface area (Å²) in [6.45, 7) is 1.90. The van der Waals surface area contributed by atoms with Gasteiger partial charge in [-0.3, -0.25) is 0 Å². The molecule has 3 rings (SSSR count). The van der Waals surface area contributed by atoms with Gasteiger partial charge >= 0.3 is 0 Å². The Hall–Kier alpha value is -1.90. The van der Waals surface area contributed by atoms with Crippen LogP contribution in [-0.2, 0) is 0 Å². The Balaban J connectivity index is 2.58. The average Bonchev–Trinajstić information content (AvgIpc) is 2.56. The molecule has 1 aromatic carbocycles. The van der Waals surface area contributed by atoms with Gasteiger partial charge in [-0.25, -0.2) is 9.97 Å². The number of hydrogen-bond donors (Lipinski definition) is 1. The molecule has 3 aromatic rings. The first-order chi connectivity index (χ1) is 6.84. The zero-order chi connectivity index (χ0) is 9.54. The minimum absolute atomic E-state index is 0.808. The van der Waals surface area contributed by atoms with Gasteiger partial charge in [0.15, 0.2) is 0 Å². The van der Waals surface area contributed by atoms with Gasteiger partial charge in [0.05, 0.1) is 17.2 Å². The summed E-state index contributed by atoms with van der Waals surface area (Å²) in [5.74, 6) is 0.808. The Morgan fingerprint density at radius 1 is 1.14 bits per heavy atom. The summed E-state index contributed by atoms with van der Waals surface area (Å²) < 4.78 is 0. The van der Waals surface area contributed by atoms with E-state index < -0.39 is 0 Å². The molecule has 0 aliphatic heterocycles. The number of nitrogens with zero attached hydrogens (tertiary/aromatic N) is 2. The van der Waals surface area contributed by atoms with Gasteiger partial charge in [-0.15, -0.1) is 0 Å². The van der Waals surface area contributed by atoms with Crippen LogP contribution in [0.4, 0.5) is 0 Å². The van der Waals surface area contributed by atoms with Crippen molar-refractivity contribution in [2.45, 2.75) is 6.92 Å². The van der Waals surface area contributed by atoms with Gasteiger partial charge < -0.3 is 4.98 Å². The van der Waals surface area contributed by atoms with Crippen molar-refractivity contribution in [3.63, 3.8) is 0 Å². The maximum absolute atomic E-state index is 4.42. The number of aromatic amines is 1. The minimum Gasteiger partial charge on any atom is -0.352 e. The van der Waals surface area contributed by atoms with E-state index in [0.29, 0.717) is 0 Å². The van der Waals surface area contributed by atoms with Crippen molar-refractivity contribution in [3.05, 3.63) is 36.3 Å². The van der Waals surface area contributed by atoms with E-state index in [1.165, 1.54) is 0 Å². The summed E-state index contributed by atoms with van der Waals surface area (Å²) >= 11 is 0. The summed E-state index contributed by atoms with van der Waals surface area (Å²) in [4.78, 5) is 11.9. The monoisotopic (exact) mass is 183 g/mol. The Bertz CT molecular complexity index is 610. The van der Waals surface area contributed by atoms with Gasteiger partial charge in [-0.05, 0) is 13.0 Å². The molecule has 2 heterocycles. The van der Waals surface area contributed by atoms with Crippen LogP contribution in [0, 0.1) is 6.92 Å². The summed E-state index contributed by atoms with van der Waals surface area (Å²) in [5, 5.41) is 1.16. The number of aryl methyl sites for hydroxylation is 1. The van der Waals surface area contributed by atoms with Crippen LogP contribution in [-0.4, -0.2) is 15.0 Å². The second-order valence-electron chi connectivity index (χ2n) is 3.35. The van der Waals surface area contributed by atoms with E-state index in [9.17, 15) is 0 Å². The number of nitrogens with one attached hydrogen (secondary N) is 1. The van der Waals surface area contributed by atoms with Gasteiger partial charge in [0.1, 0.15) is 5.82 Å². The summed E-state index contributed by atoms with van der Waals surface area (Å²) in [5.41, 5.74) is 3.12. The molecular weight excluding hydrogens is 174 g/mol. The van der Waals surface area contributed by atoms with E-state index in [0.717, 1.165) is 27.8 Å². The van der Waals surface area contributed by atoms with E-state index in [-0.39, 0.29) is 0 Å². The fourth-order valence-electron chi connectivity index (χ4n) is 1.71. The van der Waals surface area contributed by atoms with Crippen molar-refractivity contribution in [1.82, 2.24) is 15.0 Å². The quantitative estimate of drug-likeness (QED) is 0.581. The highest BCUT2D eigenvalue weighted by Gasteiger charge is 2.04. The first-order valence-corrected chi connectivity index (χ1v) is 4.55. The lowest BCUT2D eigenvalue weighted by Gasteiger charge is -1.91.